The van der Waals surface area contributed by atoms with Crippen LogP contribution in [0, 0.1) is 5.92 Å². The molecule has 0 aliphatic heterocycles. The fourth-order valence-electron chi connectivity index (χ4n) is 2.07. The molecule has 0 bridgehead atoms. The van der Waals surface area contributed by atoms with Gasteiger partial charge in [0.2, 0.25) is 0 Å². The van der Waals surface area contributed by atoms with Crippen LogP contribution < -0.4 is 4.74 Å². The predicted molar refractivity (Wildman–Crippen MR) is 69.7 cm³/mol. The van der Waals surface area contributed by atoms with Gasteiger partial charge in [0.25, 0.3) is 0 Å². The van der Waals surface area contributed by atoms with Crippen LogP contribution >= 0.6 is 0 Å². The van der Waals surface area contributed by atoms with Gasteiger partial charge in [0, 0.05) is 17.1 Å². The minimum atomic E-state index is -0.188. The fourth-order valence-corrected chi connectivity index (χ4v) is 2.07. The Hall–Kier alpha value is -1.97. The molecule has 0 amide bonds. The lowest BCUT2D eigenvalue weighted by Crippen LogP contribution is -2.14. The number of methoxy groups -OCH3 is 2. The molecular formula is C14H17NO3. The summed E-state index contributed by atoms with van der Waals surface area (Å²) in [5.74, 6) is 0.474. The zero-order valence-electron chi connectivity index (χ0n) is 10.8. The molecule has 4 nitrogen and oxygen atoms in total. The Bertz CT molecular complexity index is 559. The van der Waals surface area contributed by atoms with E-state index in [1.165, 1.54) is 7.11 Å². The number of fused-ring (bicyclic) bond motifs is 1. The van der Waals surface area contributed by atoms with Gasteiger partial charge in [0.15, 0.2) is 0 Å². The molecule has 1 unspecified atom stereocenters. The molecule has 0 fully saturated rings. The molecule has 18 heavy (non-hydrogen) atoms. The number of hydrogen-bond donors (Lipinski definition) is 1. The van der Waals surface area contributed by atoms with E-state index < -0.39 is 0 Å². The molecule has 0 radical (unpaired) electrons. The van der Waals surface area contributed by atoms with E-state index in [9.17, 15) is 4.79 Å². The van der Waals surface area contributed by atoms with Crippen molar-refractivity contribution in [3.63, 3.8) is 0 Å². The number of hydrogen-bond acceptors (Lipinski definition) is 3. The quantitative estimate of drug-likeness (QED) is 0.845. The largest absolute Gasteiger partial charge is 0.497 e. The van der Waals surface area contributed by atoms with Gasteiger partial charge in [0.1, 0.15) is 5.75 Å². The summed E-state index contributed by atoms with van der Waals surface area (Å²) in [5.41, 5.74) is 2.14. The van der Waals surface area contributed by atoms with Gasteiger partial charge in [-0.25, -0.2) is 0 Å². The third-order valence-electron chi connectivity index (χ3n) is 3.10. The van der Waals surface area contributed by atoms with Crippen LogP contribution in [0.4, 0.5) is 0 Å². The number of aromatic nitrogens is 1. The van der Waals surface area contributed by atoms with E-state index >= 15 is 0 Å². The van der Waals surface area contributed by atoms with E-state index in [0.717, 1.165) is 22.2 Å². The van der Waals surface area contributed by atoms with Gasteiger partial charge >= 0.3 is 5.97 Å². The molecule has 0 aliphatic carbocycles. The van der Waals surface area contributed by atoms with Crippen molar-refractivity contribution >= 4 is 16.9 Å². The molecule has 96 valence electrons. The summed E-state index contributed by atoms with van der Waals surface area (Å²) in [6, 6.07) is 5.86. The lowest BCUT2D eigenvalue weighted by molar-refractivity contribution is -0.144. The van der Waals surface area contributed by atoms with Crippen LogP contribution in [0.2, 0.25) is 0 Å². The monoisotopic (exact) mass is 247 g/mol. The summed E-state index contributed by atoms with van der Waals surface area (Å²) in [4.78, 5) is 14.6. The molecule has 1 aromatic carbocycles. The summed E-state index contributed by atoms with van der Waals surface area (Å²) in [5, 5.41) is 1.09. The van der Waals surface area contributed by atoms with Gasteiger partial charge in [-0.1, -0.05) is 6.92 Å². The number of benzene rings is 1. The average Bonchev–Trinajstić information content (AvgIpc) is 2.80. The van der Waals surface area contributed by atoms with Crippen molar-refractivity contribution in [2.45, 2.75) is 13.3 Å². The van der Waals surface area contributed by atoms with Crippen molar-refractivity contribution in [1.82, 2.24) is 4.98 Å². The van der Waals surface area contributed by atoms with Gasteiger partial charge in [-0.2, -0.15) is 0 Å². The van der Waals surface area contributed by atoms with E-state index in [1.54, 1.807) is 7.11 Å². The summed E-state index contributed by atoms with van der Waals surface area (Å²) in [7, 11) is 3.06. The van der Waals surface area contributed by atoms with Crippen molar-refractivity contribution in [2.75, 3.05) is 14.2 Å². The van der Waals surface area contributed by atoms with Crippen LogP contribution in [0.1, 0.15) is 12.5 Å². The molecule has 0 saturated carbocycles. The Balaban J connectivity index is 2.30. The Morgan fingerprint density at radius 1 is 1.39 bits per heavy atom. The summed E-state index contributed by atoms with van der Waals surface area (Å²) < 4.78 is 9.96. The van der Waals surface area contributed by atoms with E-state index in [4.69, 9.17) is 9.47 Å². The minimum absolute atomic E-state index is 0.153. The molecular weight excluding hydrogens is 230 g/mol. The lowest BCUT2D eigenvalue weighted by Gasteiger charge is -2.08. The zero-order valence-corrected chi connectivity index (χ0v) is 10.8. The molecule has 1 heterocycles. The number of esters is 1. The van der Waals surface area contributed by atoms with Crippen LogP contribution in [0.5, 0.6) is 5.75 Å². The highest BCUT2D eigenvalue weighted by molar-refractivity contribution is 5.85. The number of ether oxygens (including phenoxy) is 2. The van der Waals surface area contributed by atoms with E-state index in [-0.39, 0.29) is 11.9 Å². The Labute approximate surface area is 106 Å². The van der Waals surface area contributed by atoms with Gasteiger partial charge in [-0.3, -0.25) is 4.79 Å². The third-order valence-corrected chi connectivity index (χ3v) is 3.10. The van der Waals surface area contributed by atoms with E-state index in [2.05, 4.69) is 4.98 Å². The topological polar surface area (TPSA) is 51.3 Å². The van der Waals surface area contributed by atoms with Crippen molar-refractivity contribution in [2.24, 2.45) is 5.92 Å². The van der Waals surface area contributed by atoms with Crippen LogP contribution in [0.25, 0.3) is 10.9 Å². The molecule has 4 heteroatoms. The Morgan fingerprint density at radius 2 is 2.17 bits per heavy atom. The SMILES string of the molecule is COC(=O)C(C)Cc1c[nH]c2ccc(OC)cc12. The van der Waals surface area contributed by atoms with Gasteiger partial charge in [-0.15, -0.1) is 0 Å². The van der Waals surface area contributed by atoms with Crippen LogP contribution in [0.3, 0.4) is 0 Å². The van der Waals surface area contributed by atoms with Crippen LogP contribution in [0.15, 0.2) is 24.4 Å². The van der Waals surface area contributed by atoms with Crippen molar-refractivity contribution in [1.29, 1.82) is 0 Å². The minimum Gasteiger partial charge on any atom is -0.497 e. The predicted octanol–water partition coefficient (Wildman–Crippen LogP) is 2.53. The fraction of sp³-hybridized carbons (Fsp3) is 0.357. The molecule has 0 saturated heterocycles. The van der Waals surface area contributed by atoms with E-state index in [0.29, 0.717) is 6.42 Å². The standard InChI is InChI=1S/C14H17NO3/c1-9(14(16)18-3)6-10-8-15-13-5-4-11(17-2)7-12(10)13/h4-5,7-9,15H,6H2,1-3H3. The Kier molecular flexibility index (Phi) is 3.55. The second kappa shape index (κ2) is 5.12. The highest BCUT2D eigenvalue weighted by Crippen LogP contribution is 2.25. The first-order valence-electron chi connectivity index (χ1n) is 5.87. The van der Waals surface area contributed by atoms with Gasteiger partial charge in [0.05, 0.1) is 20.1 Å². The molecule has 1 N–H and O–H groups in total. The molecule has 2 aromatic rings. The maximum Gasteiger partial charge on any atom is 0.308 e. The Morgan fingerprint density at radius 3 is 2.83 bits per heavy atom. The maximum absolute atomic E-state index is 11.4. The maximum atomic E-state index is 11.4. The highest BCUT2D eigenvalue weighted by atomic mass is 16.5. The number of nitrogens with one attached hydrogen (secondary N) is 1. The second-order valence-corrected chi connectivity index (χ2v) is 4.35. The third kappa shape index (κ3) is 2.32. The van der Waals surface area contributed by atoms with Gasteiger partial charge < -0.3 is 14.5 Å². The number of rotatable bonds is 4. The first-order valence-corrected chi connectivity index (χ1v) is 5.87. The number of aromatic amines is 1. The highest BCUT2D eigenvalue weighted by Gasteiger charge is 2.16. The normalized spacial score (nSPS) is 12.4. The summed E-state index contributed by atoms with van der Waals surface area (Å²) in [6.07, 6.45) is 2.59. The summed E-state index contributed by atoms with van der Waals surface area (Å²) >= 11 is 0. The number of H-pyrrole nitrogens is 1. The smallest absolute Gasteiger partial charge is 0.308 e. The molecule has 0 spiro atoms. The van der Waals surface area contributed by atoms with Crippen molar-refractivity contribution < 1.29 is 14.3 Å². The zero-order chi connectivity index (χ0) is 13.1. The number of carbonyl (C=O) groups excluding carboxylic acids is 1. The van der Waals surface area contributed by atoms with E-state index in [1.807, 2.05) is 31.3 Å². The first kappa shape index (κ1) is 12.5. The molecule has 1 aromatic heterocycles. The molecule has 0 aliphatic rings. The number of carbonyl (C=O) groups is 1. The molecule has 2 rings (SSSR count). The van der Waals surface area contributed by atoms with Crippen LogP contribution in [-0.2, 0) is 16.0 Å². The van der Waals surface area contributed by atoms with Crippen molar-refractivity contribution in [3.05, 3.63) is 30.0 Å². The molecule has 1 atom stereocenters. The van der Waals surface area contributed by atoms with Crippen LogP contribution in [-0.4, -0.2) is 25.2 Å². The lowest BCUT2D eigenvalue weighted by atomic mass is 10.0. The first-order chi connectivity index (χ1) is 8.65. The average molecular weight is 247 g/mol. The summed E-state index contributed by atoms with van der Waals surface area (Å²) in [6.45, 7) is 1.87. The van der Waals surface area contributed by atoms with Crippen molar-refractivity contribution in [3.8, 4) is 5.75 Å². The van der Waals surface area contributed by atoms with Gasteiger partial charge in [-0.05, 0) is 30.2 Å². The second-order valence-electron chi connectivity index (χ2n) is 4.35.